The molecule has 122 valence electrons. The minimum absolute atomic E-state index is 0.0699. The fourth-order valence-electron chi connectivity index (χ4n) is 3.96. The van der Waals surface area contributed by atoms with Gasteiger partial charge in [-0.2, -0.15) is 5.10 Å². The smallest absolute Gasteiger partial charge is 0.225 e. The van der Waals surface area contributed by atoms with E-state index in [9.17, 15) is 4.79 Å². The van der Waals surface area contributed by atoms with Crippen LogP contribution in [0.5, 0.6) is 0 Å². The van der Waals surface area contributed by atoms with E-state index in [0.29, 0.717) is 18.3 Å². The van der Waals surface area contributed by atoms with Crippen LogP contribution in [0.2, 0.25) is 0 Å². The number of carbonyl (C=O) groups excluding carboxylic acids is 1. The molecule has 0 radical (unpaired) electrons. The standard InChI is InChI=1S/C17H28N4O/c1-21-16(11-15(20-21)12-6-3-2-4-7-12)19-17(22)10-13-8-5-9-14(13)18/h11-14H,2-10,18H2,1H3,(H,19,22)/t13-,14+/m0/s1. The second kappa shape index (κ2) is 6.82. The van der Waals surface area contributed by atoms with E-state index in [1.807, 2.05) is 7.05 Å². The third kappa shape index (κ3) is 3.51. The van der Waals surface area contributed by atoms with E-state index in [1.165, 1.54) is 32.1 Å². The maximum absolute atomic E-state index is 12.2. The topological polar surface area (TPSA) is 72.9 Å². The highest BCUT2D eigenvalue weighted by Gasteiger charge is 2.26. The normalized spacial score (nSPS) is 26.3. The molecule has 0 bridgehead atoms. The van der Waals surface area contributed by atoms with Crippen LogP contribution in [0.3, 0.4) is 0 Å². The van der Waals surface area contributed by atoms with E-state index in [2.05, 4.69) is 16.5 Å². The van der Waals surface area contributed by atoms with Crippen molar-refractivity contribution in [3.05, 3.63) is 11.8 Å². The molecule has 1 amide bonds. The molecule has 0 unspecified atom stereocenters. The van der Waals surface area contributed by atoms with Crippen molar-refractivity contribution >= 4 is 11.7 Å². The van der Waals surface area contributed by atoms with Gasteiger partial charge in [0.25, 0.3) is 0 Å². The highest BCUT2D eigenvalue weighted by molar-refractivity contribution is 5.90. The number of nitrogens with two attached hydrogens (primary N) is 1. The number of anilines is 1. The molecule has 2 fully saturated rings. The molecule has 1 heterocycles. The molecule has 0 saturated heterocycles. The largest absolute Gasteiger partial charge is 0.327 e. The second-order valence-electron chi connectivity index (χ2n) is 7.02. The quantitative estimate of drug-likeness (QED) is 0.898. The summed E-state index contributed by atoms with van der Waals surface area (Å²) in [7, 11) is 1.91. The van der Waals surface area contributed by atoms with Crippen LogP contribution < -0.4 is 11.1 Å². The van der Waals surface area contributed by atoms with Gasteiger partial charge >= 0.3 is 0 Å². The Bertz CT molecular complexity index is 519. The Hall–Kier alpha value is -1.36. The summed E-state index contributed by atoms with van der Waals surface area (Å²) in [6, 6.07) is 2.25. The average Bonchev–Trinajstić information content (AvgIpc) is 3.07. The van der Waals surface area contributed by atoms with Gasteiger partial charge in [0.05, 0.1) is 5.69 Å². The van der Waals surface area contributed by atoms with Gasteiger partial charge in [0.15, 0.2) is 0 Å². The minimum Gasteiger partial charge on any atom is -0.327 e. The van der Waals surface area contributed by atoms with Crippen molar-refractivity contribution in [2.45, 2.75) is 69.7 Å². The van der Waals surface area contributed by atoms with Crippen molar-refractivity contribution in [2.75, 3.05) is 5.32 Å². The zero-order chi connectivity index (χ0) is 15.5. The van der Waals surface area contributed by atoms with Crippen LogP contribution in [0.15, 0.2) is 6.07 Å². The summed E-state index contributed by atoms with van der Waals surface area (Å²) in [4.78, 5) is 12.2. The molecule has 5 nitrogen and oxygen atoms in total. The van der Waals surface area contributed by atoms with Crippen LogP contribution in [0, 0.1) is 5.92 Å². The van der Waals surface area contributed by atoms with Crippen LogP contribution in [-0.4, -0.2) is 21.7 Å². The number of aromatic nitrogens is 2. The van der Waals surface area contributed by atoms with Gasteiger partial charge in [-0.15, -0.1) is 0 Å². The minimum atomic E-state index is 0.0699. The van der Waals surface area contributed by atoms with E-state index in [-0.39, 0.29) is 11.9 Å². The highest BCUT2D eigenvalue weighted by Crippen LogP contribution is 2.33. The van der Waals surface area contributed by atoms with Gasteiger partial charge in [-0.1, -0.05) is 25.7 Å². The lowest BCUT2D eigenvalue weighted by molar-refractivity contribution is -0.117. The first-order valence-corrected chi connectivity index (χ1v) is 8.73. The Morgan fingerprint density at radius 2 is 2.05 bits per heavy atom. The Morgan fingerprint density at radius 1 is 1.27 bits per heavy atom. The number of aryl methyl sites for hydroxylation is 1. The van der Waals surface area contributed by atoms with Crippen LogP contribution in [0.25, 0.3) is 0 Å². The van der Waals surface area contributed by atoms with Crippen LogP contribution >= 0.6 is 0 Å². The summed E-state index contributed by atoms with van der Waals surface area (Å²) >= 11 is 0. The van der Waals surface area contributed by atoms with Crippen molar-refractivity contribution in [1.82, 2.24) is 9.78 Å². The Kier molecular flexibility index (Phi) is 4.81. The molecule has 3 rings (SSSR count). The molecule has 2 saturated carbocycles. The second-order valence-corrected chi connectivity index (χ2v) is 7.02. The number of rotatable bonds is 4. The summed E-state index contributed by atoms with van der Waals surface area (Å²) in [5.41, 5.74) is 7.19. The molecular formula is C17H28N4O. The average molecular weight is 304 g/mol. The third-order valence-corrected chi connectivity index (χ3v) is 5.36. The van der Waals surface area contributed by atoms with Crippen LogP contribution in [-0.2, 0) is 11.8 Å². The molecule has 22 heavy (non-hydrogen) atoms. The first-order valence-electron chi connectivity index (χ1n) is 8.73. The van der Waals surface area contributed by atoms with E-state index in [0.717, 1.165) is 30.8 Å². The molecule has 1 aromatic heterocycles. The molecule has 0 aromatic carbocycles. The first kappa shape index (κ1) is 15.5. The van der Waals surface area contributed by atoms with Crippen LogP contribution in [0.4, 0.5) is 5.82 Å². The monoisotopic (exact) mass is 304 g/mol. The Balaban J connectivity index is 1.59. The first-order chi connectivity index (χ1) is 10.6. The molecule has 0 aliphatic heterocycles. The number of hydrogen-bond donors (Lipinski definition) is 2. The predicted octanol–water partition coefficient (Wildman–Crippen LogP) is 2.92. The zero-order valence-corrected chi connectivity index (χ0v) is 13.6. The number of nitrogens with zero attached hydrogens (tertiary/aromatic N) is 2. The predicted molar refractivity (Wildman–Crippen MR) is 87.6 cm³/mol. The van der Waals surface area contributed by atoms with Gasteiger partial charge in [0.1, 0.15) is 5.82 Å². The lowest BCUT2D eigenvalue weighted by Crippen LogP contribution is -2.28. The molecule has 2 aliphatic rings. The summed E-state index contributed by atoms with van der Waals surface area (Å²) in [6.45, 7) is 0. The van der Waals surface area contributed by atoms with Gasteiger partial charge in [-0.25, -0.2) is 0 Å². The van der Waals surface area contributed by atoms with Gasteiger partial charge in [0, 0.05) is 31.5 Å². The molecule has 0 spiro atoms. The summed E-state index contributed by atoms with van der Waals surface area (Å²) in [5.74, 6) is 1.79. The van der Waals surface area contributed by atoms with Crippen molar-refractivity contribution in [1.29, 1.82) is 0 Å². The molecule has 1 aromatic rings. The number of amides is 1. The zero-order valence-electron chi connectivity index (χ0n) is 13.6. The van der Waals surface area contributed by atoms with Crippen molar-refractivity contribution in [3.63, 3.8) is 0 Å². The third-order valence-electron chi connectivity index (χ3n) is 5.36. The van der Waals surface area contributed by atoms with Gasteiger partial charge in [-0.3, -0.25) is 9.48 Å². The number of hydrogen-bond acceptors (Lipinski definition) is 3. The lowest BCUT2D eigenvalue weighted by atomic mass is 9.87. The van der Waals surface area contributed by atoms with Crippen molar-refractivity contribution < 1.29 is 4.79 Å². The summed E-state index contributed by atoms with van der Waals surface area (Å²) in [5, 5.41) is 7.63. The Morgan fingerprint density at radius 3 is 2.73 bits per heavy atom. The fourth-order valence-corrected chi connectivity index (χ4v) is 3.96. The fraction of sp³-hybridized carbons (Fsp3) is 0.765. The van der Waals surface area contributed by atoms with Crippen LogP contribution in [0.1, 0.15) is 69.4 Å². The summed E-state index contributed by atoms with van der Waals surface area (Å²) in [6.07, 6.45) is 10.2. The Labute approximate surface area is 132 Å². The molecule has 3 N–H and O–H groups in total. The SMILES string of the molecule is Cn1nc(C2CCCCC2)cc1NC(=O)C[C@@H]1CCC[C@H]1N. The number of nitrogens with one attached hydrogen (secondary N) is 1. The molecule has 2 atom stereocenters. The van der Waals surface area contributed by atoms with Crippen molar-refractivity contribution in [2.24, 2.45) is 18.7 Å². The maximum Gasteiger partial charge on any atom is 0.225 e. The molecular weight excluding hydrogens is 276 g/mol. The van der Waals surface area contributed by atoms with Gasteiger partial charge in [0.2, 0.25) is 5.91 Å². The highest BCUT2D eigenvalue weighted by atomic mass is 16.1. The van der Waals surface area contributed by atoms with Gasteiger partial charge in [-0.05, 0) is 31.6 Å². The van der Waals surface area contributed by atoms with Gasteiger partial charge < -0.3 is 11.1 Å². The van der Waals surface area contributed by atoms with E-state index in [1.54, 1.807) is 4.68 Å². The van der Waals surface area contributed by atoms with E-state index >= 15 is 0 Å². The van der Waals surface area contributed by atoms with E-state index in [4.69, 9.17) is 5.73 Å². The molecule has 2 aliphatic carbocycles. The lowest BCUT2D eigenvalue weighted by Gasteiger charge is -2.19. The number of carbonyl (C=O) groups is 1. The summed E-state index contributed by atoms with van der Waals surface area (Å²) < 4.78 is 1.80. The molecule has 5 heteroatoms. The maximum atomic E-state index is 12.2. The van der Waals surface area contributed by atoms with E-state index < -0.39 is 0 Å². The van der Waals surface area contributed by atoms with Crippen molar-refractivity contribution in [3.8, 4) is 0 Å².